The number of rotatable bonds is 1. The SMILES string of the molecule is Cc1ccc2c(oc3ncccc32)c1N1c2ncccc2N[C@@H]1C. The Hall–Kier alpha value is -3.08. The number of fused-ring (bicyclic) bond motifs is 4. The van der Waals surface area contributed by atoms with Gasteiger partial charge in [0.25, 0.3) is 0 Å². The lowest BCUT2D eigenvalue weighted by molar-refractivity contribution is 0.651. The first-order valence-electron chi connectivity index (χ1n) is 8.01. The molecular formula is C19H16N4O. The van der Waals surface area contributed by atoms with Gasteiger partial charge in [-0.15, -0.1) is 0 Å². The summed E-state index contributed by atoms with van der Waals surface area (Å²) in [7, 11) is 0. The second-order valence-electron chi connectivity index (χ2n) is 6.13. The number of pyridine rings is 2. The highest BCUT2D eigenvalue weighted by molar-refractivity contribution is 6.09. The van der Waals surface area contributed by atoms with Crippen LogP contribution in [-0.2, 0) is 0 Å². The molecular weight excluding hydrogens is 300 g/mol. The number of aryl methyl sites for hydroxylation is 1. The molecule has 0 amide bonds. The first-order valence-corrected chi connectivity index (χ1v) is 8.01. The minimum atomic E-state index is 0.0976. The van der Waals surface area contributed by atoms with Crippen molar-refractivity contribution in [2.45, 2.75) is 20.0 Å². The topological polar surface area (TPSA) is 54.2 Å². The quantitative estimate of drug-likeness (QED) is 0.556. The van der Waals surface area contributed by atoms with E-state index in [-0.39, 0.29) is 6.17 Å². The van der Waals surface area contributed by atoms with Crippen molar-refractivity contribution in [2.24, 2.45) is 0 Å². The van der Waals surface area contributed by atoms with Gasteiger partial charge in [0, 0.05) is 23.2 Å². The highest BCUT2D eigenvalue weighted by Gasteiger charge is 2.31. The average Bonchev–Trinajstić information content (AvgIpc) is 3.12. The van der Waals surface area contributed by atoms with E-state index in [2.05, 4.69) is 52.2 Å². The zero-order chi connectivity index (χ0) is 16.3. The smallest absolute Gasteiger partial charge is 0.227 e. The van der Waals surface area contributed by atoms with Crippen molar-refractivity contribution in [2.75, 3.05) is 10.2 Å². The number of nitrogens with zero attached hydrogens (tertiary/aromatic N) is 3. The van der Waals surface area contributed by atoms with E-state index in [4.69, 9.17) is 4.42 Å². The lowest BCUT2D eigenvalue weighted by atomic mass is 10.1. The van der Waals surface area contributed by atoms with E-state index in [1.54, 1.807) is 6.20 Å². The number of furan rings is 1. The van der Waals surface area contributed by atoms with E-state index in [0.29, 0.717) is 5.71 Å². The van der Waals surface area contributed by atoms with Crippen molar-refractivity contribution in [1.29, 1.82) is 0 Å². The minimum Gasteiger partial charge on any atom is -0.435 e. The van der Waals surface area contributed by atoms with Gasteiger partial charge < -0.3 is 14.6 Å². The molecule has 0 saturated carbocycles. The molecule has 1 N–H and O–H groups in total. The second kappa shape index (κ2) is 4.71. The standard InChI is InChI=1S/C19H16N4O/c1-11-7-8-13-14-5-3-10-21-19(14)24-17(13)16(11)23-12(2)22-15-6-4-9-20-18(15)23/h3-10,12,22H,1-2H3/t12-/m0/s1. The van der Waals surface area contributed by atoms with Crippen molar-refractivity contribution in [3.63, 3.8) is 0 Å². The fourth-order valence-electron chi connectivity index (χ4n) is 3.53. The summed E-state index contributed by atoms with van der Waals surface area (Å²) >= 11 is 0. The van der Waals surface area contributed by atoms with Crippen LogP contribution >= 0.6 is 0 Å². The Kier molecular flexibility index (Phi) is 2.62. The summed E-state index contributed by atoms with van der Waals surface area (Å²) in [6, 6.07) is 12.2. The molecule has 1 aliphatic rings. The highest BCUT2D eigenvalue weighted by Crippen LogP contribution is 2.44. The molecule has 0 unspecified atom stereocenters. The summed E-state index contributed by atoms with van der Waals surface area (Å²) in [5, 5.41) is 5.59. The van der Waals surface area contributed by atoms with Crippen molar-refractivity contribution in [1.82, 2.24) is 9.97 Å². The summed E-state index contributed by atoms with van der Waals surface area (Å²) in [5.74, 6) is 0.925. The molecule has 24 heavy (non-hydrogen) atoms. The van der Waals surface area contributed by atoms with Gasteiger partial charge in [-0.25, -0.2) is 9.97 Å². The third kappa shape index (κ3) is 1.69. The Balaban J connectivity index is 1.85. The van der Waals surface area contributed by atoms with Gasteiger partial charge in [-0.3, -0.25) is 0 Å². The Morgan fingerprint density at radius 1 is 1.04 bits per heavy atom. The van der Waals surface area contributed by atoms with E-state index in [1.165, 1.54) is 0 Å². The number of hydrogen-bond donors (Lipinski definition) is 1. The molecule has 1 aromatic carbocycles. The van der Waals surface area contributed by atoms with E-state index >= 15 is 0 Å². The number of nitrogens with one attached hydrogen (secondary N) is 1. The average molecular weight is 316 g/mol. The van der Waals surface area contributed by atoms with Crippen molar-refractivity contribution in [3.8, 4) is 0 Å². The zero-order valence-electron chi connectivity index (χ0n) is 13.4. The van der Waals surface area contributed by atoms with E-state index in [9.17, 15) is 0 Å². The van der Waals surface area contributed by atoms with Crippen LogP contribution < -0.4 is 10.2 Å². The van der Waals surface area contributed by atoms with Gasteiger partial charge in [0.2, 0.25) is 5.71 Å². The molecule has 5 nitrogen and oxygen atoms in total. The predicted octanol–water partition coefficient (Wildman–Crippen LogP) is 4.59. The molecule has 118 valence electrons. The Morgan fingerprint density at radius 2 is 1.88 bits per heavy atom. The van der Waals surface area contributed by atoms with E-state index < -0.39 is 0 Å². The van der Waals surface area contributed by atoms with Crippen LogP contribution in [0.15, 0.2) is 53.2 Å². The lowest BCUT2D eigenvalue weighted by Gasteiger charge is -2.24. The molecule has 4 aromatic rings. The Bertz CT molecular complexity index is 1090. The molecule has 1 aliphatic heterocycles. The highest BCUT2D eigenvalue weighted by atomic mass is 16.3. The zero-order valence-corrected chi connectivity index (χ0v) is 13.4. The van der Waals surface area contributed by atoms with Crippen LogP contribution in [0.5, 0.6) is 0 Å². The molecule has 1 atom stereocenters. The molecule has 0 radical (unpaired) electrons. The summed E-state index contributed by atoms with van der Waals surface area (Å²) in [4.78, 5) is 11.1. The third-order valence-electron chi connectivity index (χ3n) is 4.60. The second-order valence-corrected chi connectivity index (χ2v) is 6.13. The van der Waals surface area contributed by atoms with Gasteiger partial charge in [-0.1, -0.05) is 12.1 Å². The molecule has 0 fully saturated rings. The van der Waals surface area contributed by atoms with E-state index in [1.807, 2.05) is 24.4 Å². The third-order valence-corrected chi connectivity index (χ3v) is 4.60. The van der Waals surface area contributed by atoms with Gasteiger partial charge in [-0.05, 0) is 43.7 Å². The molecule has 0 saturated heterocycles. The predicted molar refractivity (Wildman–Crippen MR) is 95.7 cm³/mol. The monoisotopic (exact) mass is 316 g/mol. The Morgan fingerprint density at radius 3 is 2.79 bits per heavy atom. The molecule has 0 spiro atoms. The Labute approximate surface area is 138 Å². The van der Waals surface area contributed by atoms with Crippen LogP contribution in [0.1, 0.15) is 12.5 Å². The van der Waals surface area contributed by atoms with Crippen LogP contribution in [0.25, 0.3) is 22.1 Å². The van der Waals surface area contributed by atoms with Gasteiger partial charge in [-0.2, -0.15) is 0 Å². The maximum absolute atomic E-state index is 6.13. The maximum atomic E-state index is 6.13. The fourth-order valence-corrected chi connectivity index (χ4v) is 3.53. The fraction of sp³-hybridized carbons (Fsp3) is 0.158. The summed E-state index contributed by atoms with van der Waals surface area (Å²) in [6.07, 6.45) is 3.68. The van der Waals surface area contributed by atoms with Gasteiger partial charge >= 0.3 is 0 Å². The summed E-state index contributed by atoms with van der Waals surface area (Å²) < 4.78 is 6.13. The number of aromatic nitrogens is 2. The molecule has 5 heteroatoms. The van der Waals surface area contributed by atoms with Crippen LogP contribution in [-0.4, -0.2) is 16.1 Å². The number of benzene rings is 1. The first kappa shape index (κ1) is 13.4. The molecule has 0 aliphatic carbocycles. The van der Waals surface area contributed by atoms with Crippen molar-refractivity contribution in [3.05, 3.63) is 54.4 Å². The first-order chi connectivity index (χ1) is 11.7. The normalized spacial score (nSPS) is 16.6. The van der Waals surface area contributed by atoms with Gasteiger partial charge in [0.1, 0.15) is 6.17 Å². The largest absolute Gasteiger partial charge is 0.435 e. The molecule has 5 rings (SSSR count). The summed E-state index contributed by atoms with van der Waals surface area (Å²) in [6.45, 7) is 4.23. The van der Waals surface area contributed by atoms with Crippen LogP contribution in [0.2, 0.25) is 0 Å². The maximum Gasteiger partial charge on any atom is 0.227 e. The van der Waals surface area contributed by atoms with Gasteiger partial charge in [0.05, 0.1) is 11.4 Å². The number of hydrogen-bond acceptors (Lipinski definition) is 5. The molecule has 4 heterocycles. The van der Waals surface area contributed by atoms with Crippen molar-refractivity contribution < 1.29 is 4.42 Å². The summed E-state index contributed by atoms with van der Waals surface area (Å²) in [5.41, 5.74) is 4.75. The minimum absolute atomic E-state index is 0.0976. The van der Waals surface area contributed by atoms with Crippen LogP contribution in [0.4, 0.5) is 17.2 Å². The molecule has 0 bridgehead atoms. The van der Waals surface area contributed by atoms with Crippen molar-refractivity contribution >= 4 is 39.3 Å². The van der Waals surface area contributed by atoms with Gasteiger partial charge in [0.15, 0.2) is 11.4 Å². The van der Waals surface area contributed by atoms with Crippen LogP contribution in [0, 0.1) is 6.92 Å². The molecule has 3 aromatic heterocycles. The van der Waals surface area contributed by atoms with E-state index in [0.717, 1.165) is 39.1 Å². The lowest BCUT2D eigenvalue weighted by Crippen LogP contribution is -2.29. The number of anilines is 3. The van der Waals surface area contributed by atoms with Crippen LogP contribution in [0.3, 0.4) is 0 Å².